The Labute approximate surface area is 357 Å². The van der Waals surface area contributed by atoms with E-state index in [9.17, 15) is 38.4 Å². The number of esters is 2. The van der Waals surface area contributed by atoms with Crippen LogP contribution >= 0.6 is 0 Å². The number of ether oxygens (including phenoxy) is 2. The summed E-state index contributed by atoms with van der Waals surface area (Å²) in [6, 6.07) is 28.1. The van der Waals surface area contributed by atoms with Crippen LogP contribution < -0.4 is 21.3 Å². The van der Waals surface area contributed by atoms with Crippen molar-refractivity contribution < 1.29 is 47.8 Å². The second-order valence-corrected chi connectivity index (χ2v) is 14.0. The number of rotatable bonds is 16. The van der Waals surface area contributed by atoms with Gasteiger partial charge in [-0.05, 0) is 128 Å². The lowest BCUT2D eigenvalue weighted by Crippen LogP contribution is -2.23. The number of nitrogens with one attached hydrogen (secondary N) is 4. The van der Waals surface area contributed by atoms with E-state index in [-0.39, 0.29) is 50.6 Å². The Kier molecular flexibility index (Phi) is 14.6. The number of benzene rings is 5. The number of ketones is 2. The van der Waals surface area contributed by atoms with Gasteiger partial charge in [-0.2, -0.15) is 0 Å². The zero-order valence-corrected chi connectivity index (χ0v) is 34.3. The van der Waals surface area contributed by atoms with Crippen molar-refractivity contribution in [2.24, 2.45) is 0 Å². The molecular formula is C48H42N4O10. The summed E-state index contributed by atoms with van der Waals surface area (Å²) in [4.78, 5) is 103. The molecule has 0 unspecified atom stereocenters. The third-order valence-electron chi connectivity index (χ3n) is 9.27. The van der Waals surface area contributed by atoms with Gasteiger partial charge < -0.3 is 30.7 Å². The SMILES string of the molecule is C=C(C)C(=O)COC(=O)c1ccc(-c2ccc(C(=O)OCC(=O)C(=C)C)c(C(=O)Nc3ccc(C(=O)Nc4ccc(NC(=O)c5ccc(C)cc5)cc4)cc3)c2)cc1C(=O)NC. The lowest BCUT2D eigenvalue weighted by molar-refractivity contribution is -0.119. The zero-order valence-electron chi connectivity index (χ0n) is 34.3. The quantitative estimate of drug-likeness (QED) is 0.0574. The van der Waals surface area contributed by atoms with Crippen molar-refractivity contribution in [2.75, 3.05) is 36.2 Å². The molecule has 0 radical (unpaired) electrons. The number of aryl methyl sites for hydroxylation is 1. The van der Waals surface area contributed by atoms with Gasteiger partial charge in [-0.25, -0.2) is 9.59 Å². The minimum atomic E-state index is -0.974. The molecule has 0 saturated carbocycles. The van der Waals surface area contributed by atoms with Crippen molar-refractivity contribution in [1.29, 1.82) is 0 Å². The summed E-state index contributed by atoms with van der Waals surface area (Å²) in [5, 5.41) is 10.8. The number of anilines is 3. The van der Waals surface area contributed by atoms with Crippen molar-refractivity contribution in [2.45, 2.75) is 20.8 Å². The van der Waals surface area contributed by atoms with Gasteiger partial charge in [-0.3, -0.25) is 28.8 Å². The van der Waals surface area contributed by atoms with Gasteiger partial charge in [0.1, 0.15) is 0 Å². The Hall–Kier alpha value is -8.26. The molecule has 0 aromatic heterocycles. The first-order valence-corrected chi connectivity index (χ1v) is 19.0. The van der Waals surface area contributed by atoms with Crippen LogP contribution in [0, 0.1) is 6.92 Å². The molecule has 14 nitrogen and oxygen atoms in total. The fraction of sp³-hybridized carbons (Fsp3) is 0.125. The standard InChI is InChI=1S/C48H42N4O10/c1-27(2)41(53)25-61-47(59)37-21-13-32(23-39(37)45(57)49-6)33-14-22-38(48(60)62-26-42(54)28(3)4)40(24-33)46(58)52-34-15-11-31(12-16-34)44(56)51-36-19-17-35(18-20-36)50-43(55)30-9-7-29(5)8-10-30/h7-24H,1,3,25-26H2,2,4-6H3,(H,49,57)(H,50,55)(H,51,56)(H,52,58). The predicted molar refractivity (Wildman–Crippen MR) is 233 cm³/mol. The van der Waals surface area contributed by atoms with Crippen LogP contribution in [0.25, 0.3) is 11.1 Å². The summed E-state index contributed by atoms with van der Waals surface area (Å²) in [5.74, 6) is -5.03. The van der Waals surface area contributed by atoms with Gasteiger partial charge in [0, 0.05) is 35.2 Å². The fourth-order valence-corrected chi connectivity index (χ4v) is 5.63. The zero-order chi connectivity index (χ0) is 45.1. The average Bonchev–Trinajstić information content (AvgIpc) is 3.27. The summed E-state index contributed by atoms with van der Waals surface area (Å²) in [6.45, 7) is 10.8. The Morgan fingerprint density at radius 1 is 0.468 bits per heavy atom. The molecule has 5 rings (SSSR count). The lowest BCUT2D eigenvalue weighted by atomic mass is 9.95. The average molecular weight is 835 g/mol. The van der Waals surface area contributed by atoms with Gasteiger partial charge in [0.25, 0.3) is 23.6 Å². The molecule has 0 bridgehead atoms. The minimum Gasteiger partial charge on any atom is -0.454 e. The van der Waals surface area contributed by atoms with Crippen LogP contribution in [0.5, 0.6) is 0 Å². The van der Waals surface area contributed by atoms with E-state index in [4.69, 9.17) is 9.47 Å². The number of carbonyl (C=O) groups is 8. The number of carbonyl (C=O) groups excluding carboxylic acids is 8. The van der Waals surface area contributed by atoms with E-state index in [1.807, 2.05) is 19.1 Å². The maximum Gasteiger partial charge on any atom is 0.339 e. The molecule has 0 aliphatic rings. The third-order valence-corrected chi connectivity index (χ3v) is 9.27. The number of Topliss-reactive ketones (excluding diaryl/α,β-unsaturated/α-hetero) is 2. The van der Waals surface area contributed by atoms with E-state index in [2.05, 4.69) is 34.4 Å². The highest BCUT2D eigenvalue weighted by molar-refractivity contribution is 6.13. The largest absolute Gasteiger partial charge is 0.454 e. The van der Waals surface area contributed by atoms with E-state index in [0.29, 0.717) is 28.1 Å². The number of hydrogen-bond donors (Lipinski definition) is 4. The Morgan fingerprint density at radius 2 is 0.823 bits per heavy atom. The summed E-state index contributed by atoms with van der Waals surface area (Å²) in [6.07, 6.45) is 0. The second-order valence-electron chi connectivity index (χ2n) is 14.0. The Morgan fingerprint density at radius 3 is 1.21 bits per heavy atom. The first kappa shape index (κ1) is 44.8. The molecule has 0 fully saturated rings. The molecule has 0 heterocycles. The normalized spacial score (nSPS) is 10.4. The van der Waals surface area contributed by atoms with Crippen LogP contribution in [0.1, 0.15) is 81.6 Å². The van der Waals surface area contributed by atoms with Crippen molar-refractivity contribution in [1.82, 2.24) is 5.32 Å². The molecule has 0 aliphatic heterocycles. The molecule has 4 N–H and O–H groups in total. The first-order chi connectivity index (χ1) is 29.5. The van der Waals surface area contributed by atoms with E-state index < -0.39 is 54.4 Å². The van der Waals surface area contributed by atoms with E-state index in [1.54, 1.807) is 36.4 Å². The minimum absolute atomic E-state index is 0.0888. The number of hydrogen-bond acceptors (Lipinski definition) is 10. The highest BCUT2D eigenvalue weighted by atomic mass is 16.5. The molecule has 5 aromatic carbocycles. The smallest absolute Gasteiger partial charge is 0.339 e. The second kappa shape index (κ2) is 20.1. The van der Waals surface area contributed by atoms with Crippen molar-refractivity contribution in [3.8, 4) is 11.1 Å². The van der Waals surface area contributed by atoms with Crippen LogP contribution in [0.4, 0.5) is 17.1 Å². The highest BCUT2D eigenvalue weighted by Crippen LogP contribution is 2.28. The molecule has 0 saturated heterocycles. The van der Waals surface area contributed by atoms with Gasteiger partial charge in [0.2, 0.25) is 0 Å². The third kappa shape index (κ3) is 11.5. The molecule has 314 valence electrons. The van der Waals surface area contributed by atoms with Crippen molar-refractivity contribution >= 4 is 64.2 Å². The van der Waals surface area contributed by atoms with Crippen LogP contribution in [0.15, 0.2) is 133 Å². The summed E-state index contributed by atoms with van der Waals surface area (Å²) >= 11 is 0. The van der Waals surface area contributed by atoms with E-state index in [0.717, 1.165) is 5.56 Å². The van der Waals surface area contributed by atoms with Gasteiger partial charge in [-0.15, -0.1) is 0 Å². The van der Waals surface area contributed by atoms with Crippen LogP contribution in [0.2, 0.25) is 0 Å². The van der Waals surface area contributed by atoms with Gasteiger partial charge >= 0.3 is 11.9 Å². The van der Waals surface area contributed by atoms with Crippen LogP contribution in [-0.4, -0.2) is 67.4 Å². The number of amides is 4. The summed E-state index contributed by atoms with van der Waals surface area (Å²) < 4.78 is 10.3. The Balaban J connectivity index is 1.35. The Bertz CT molecular complexity index is 2630. The molecule has 62 heavy (non-hydrogen) atoms. The van der Waals surface area contributed by atoms with Gasteiger partial charge in [-0.1, -0.05) is 43.0 Å². The van der Waals surface area contributed by atoms with Gasteiger partial charge in [0.15, 0.2) is 24.8 Å². The summed E-state index contributed by atoms with van der Waals surface area (Å²) in [7, 11) is 1.37. The first-order valence-electron chi connectivity index (χ1n) is 19.0. The monoisotopic (exact) mass is 834 g/mol. The van der Waals surface area contributed by atoms with Crippen molar-refractivity contribution in [3.05, 3.63) is 172 Å². The fourth-order valence-electron chi connectivity index (χ4n) is 5.63. The maximum absolute atomic E-state index is 13.9. The molecule has 14 heteroatoms. The highest BCUT2D eigenvalue weighted by Gasteiger charge is 2.24. The maximum atomic E-state index is 13.9. The molecule has 0 atom stereocenters. The molecule has 5 aromatic rings. The predicted octanol–water partition coefficient (Wildman–Crippen LogP) is 7.38. The molecular weight excluding hydrogens is 793 g/mol. The van der Waals surface area contributed by atoms with Crippen molar-refractivity contribution in [3.63, 3.8) is 0 Å². The van der Waals surface area contributed by atoms with Crippen LogP contribution in [-0.2, 0) is 19.1 Å². The molecule has 0 aliphatic carbocycles. The summed E-state index contributed by atoms with van der Waals surface area (Å²) in [5.41, 5.74) is 3.57. The van der Waals surface area contributed by atoms with E-state index >= 15 is 0 Å². The van der Waals surface area contributed by atoms with Gasteiger partial charge in [0.05, 0.1) is 22.3 Å². The topological polar surface area (TPSA) is 203 Å². The van der Waals surface area contributed by atoms with E-state index in [1.165, 1.54) is 81.6 Å². The molecule has 4 amide bonds. The van der Waals surface area contributed by atoms with Crippen LogP contribution in [0.3, 0.4) is 0 Å². The molecule has 0 spiro atoms. The lowest BCUT2D eigenvalue weighted by Gasteiger charge is -2.14.